The molecule has 1 heterocycles. The van der Waals surface area contributed by atoms with Crippen LogP contribution in [0.15, 0.2) is 47.6 Å². The third-order valence-corrected chi connectivity index (χ3v) is 3.67. The molecule has 19 heavy (non-hydrogen) atoms. The quantitative estimate of drug-likeness (QED) is 0.728. The molecule has 0 amide bonds. The highest BCUT2D eigenvalue weighted by Crippen LogP contribution is 2.24. The number of fused-ring (bicyclic) bond motifs is 1. The van der Waals surface area contributed by atoms with E-state index in [2.05, 4.69) is 9.97 Å². The number of halogens is 2. The van der Waals surface area contributed by atoms with Crippen LogP contribution in [0.2, 0.25) is 0 Å². The van der Waals surface area contributed by atoms with Crippen molar-refractivity contribution in [3.63, 3.8) is 0 Å². The minimum absolute atomic E-state index is 0.225. The molecule has 96 valence electrons. The fourth-order valence-electron chi connectivity index (χ4n) is 1.79. The number of thioether (sulfide) groups is 1. The third kappa shape index (κ3) is 2.61. The van der Waals surface area contributed by atoms with Gasteiger partial charge in [0.2, 0.25) is 0 Å². The molecule has 0 aliphatic rings. The Morgan fingerprint density at radius 2 is 1.95 bits per heavy atom. The lowest BCUT2D eigenvalue weighted by molar-refractivity contribution is 0.617. The second kappa shape index (κ2) is 5.01. The number of hydrogen-bond donors (Lipinski definition) is 1. The Bertz CT molecular complexity index is 724. The van der Waals surface area contributed by atoms with E-state index < -0.39 is 0 Å². The molecule has 0 aliphatic heterocycles. The van der Waals surface area contributed by atoms with E-state index in [-0.39, 0.29) is 11.6 Å². The van der Waals surface area contributed by atoms with Crippen LogP contribution in [-0.2, 0) is 5.75 Å². The van der Waals surface area contributed by atoms with Crippen molar-refractivity contribution >= 4 is 22.8 Å². The van der Waals surface area contributed by atoms with Crippen LogP contribution in [0.25, 0.3) is 11.0 Å². The van der Waals surface area contributed by atoms with Crippen molar-refractivity contribution in [3.05, 3.63) is 59.7 Å². The maximum Gasteiger partial charge on any atom is 0.166 e. The number of imidazole rings is 1. The molecule has 0 spiro atoms. The molecule has 2 aromatic carbocycles. The Morgan fingerprint density at radius 1 is 1.11 bits per heavy atom. The molecule has 0 saturated heterocycles. The minimum atomic E-state index is -0.304. The van der Waals surface area contributed by atoms with Gasteiger partial charge in [0.1, 0.15) is 11.6 Å². The number of benzene rings is 2. The van der Waals surface area contributed by atoms with Gasteiger partial charge in [0.15, 0.2) is 5.16 Å². The minimum Gasteiger partial charge on any atom is -0.333 e. The first-order valence-corrected chi connectivity index (χ1v) is 6.72. The molecule has 0 unspecified atom stereocenters. The molecule has 2 nitrogen and oxygen atoms in total. The first-order valence-electron chi connectivity index (χ1n) is 5.74. The molecular weight excluding hydrogens is 266 g/mol. The fraction of sp³-hybridized carbons (Fsp3) is 0.0714. The second-order valence-electron chi connectivity index (χ2n) is 4.08. The Labute approximate surface area is 112 Å². The first-order chi connectivity index (χ1) is 9.22. The van der Waals surface area contributed by atoms with Gasteiger partial charge in [-0.15, -0.1) is 0 Å². The lowest BCUT2D eigenvalue weighted by Gasteiger charge is -2.00. The van der Waals surface area contributed by atoms with Crippen molar-refractivity contribution < 1.29 is 8.78 Å². The highest BCUT2D eigenvalue weighted by atomic mass is 32.2. The average molecular weight is 276 g/mol. The summed E-state index contributed by atoms with van der Waals surface area (Å²) in [5.41, 5.74) is 1.98. The summed E-state index contributed by atoms with van der Waals surface area (Å²) in [6, 6.07) is 11.0. The van der Waals surface area contributed by atoms with E-state index >= 15 is 0 Å². The van der Waals surface area contributed by atoms with Gasteiger partial charge in [-0.2, -0.15) is 0 Å². The van der Waals surface area contributed by atoms with Crippen molar-refractivity contribution in [2.24, 2.45) is 0 Å². The zero-order valence-electron chi connectivity index (χ0n) is 9.86. The van der Waals surface area contributed by atoms with E-state index in [1.54, 1.807) is 24.3 Å². The van der Waals surface area contributed by atoms with Gasteiger partial charge in [0.25, 0.3) is 0 Å². The van der Waals surface area contributed by atoms with Gasteiger partial charge in [0, 0.05) is 5.75 Å². The van der Waals surface area contributed by atoms with Gasteiger partial charge in [-0.1, -0.05) is 30.0 Å². The molecule has 3 rings (SSSR count). The SMILES string of the molecule is Fc1ccc2nc(SCc3ccccc3F)[nH]c2c1. The smallest absolute Gasteiger partial charge is 0.166 e. The molecule has 0 fully saturated rings. The van der Waals surface area contributed by atoms with Gasteiger partial charge in [-0.25, -0.2) is 13.8 Å². The lowest BCUT2D eigenvalue weighted by Crippen LogP contribution is -1.86. The summed E-state index contributed by atoms with van der Waals surface area (Å²) in [4.78, 5) is 7.33. The Morgan fingerprint density at radius 3 is 2.79 bits per heavy atom. The molecule has 0 bridgehead atoms. The predicted octanol–water partition coefficient (Wildman–Crippen LogP) is 4.13. The van der Waals surface area contributed by atoms with Crippen LogP contribution >= 0.6 is 11.8 Å². The number of rotatable bonds is 3. The summed E-state index contributed by atoms with van der Waals surface area (Å²) < 4.78 is 26.5. The normalized spacial score (nSPS) is 11.1. The van der Waals surface area contributed by atoms with E-state index in [9.17, 15) is 8.78 Å². The average Bonchev–Trinajstić information content (AvgIpc) is 2.79. The topological polar surface area (TPSA) is 28.7 Å². The van der Waals surface area contributed by atoms with Crippen molar-refractivity contribution in [3.8, 4) is 0 Å². The number of nitrogens with one attached hydrogen (secondary N) is 1. The maximum atomic E-state index is 13.5. The summed E-state index contributed by atoms with van der Waals surface area (Å²) in [6.07, 6.45) is 0. The first kappa shape index (κ1) is 12.2. The van der Waals surface area contributed by atoms with Gasteiger partial charge in [-0.3, -0.25) is 0 Å². The molecule has 0 aliphatic carbocycles. The molecule has 3 aromatic rings. The van der Waals surface area contributed by atoms with Crippen molar-refractivity contribution in [2.45, 2.75) is 10.9 Å². The molecule has 0 atom stereocenters. The van der Waals surface area contributed by atoms with Gasteiger partial charge < -0.3 is 4.98 Å². The Hall–Kier alpha value is -1.88. The molecule has 1 aromatic heterocycles. The van der Waals surface area contributed by atoms with Crippen LogP contribution in [0, 0.1) is 11.6 Å². The molecule has 5 heteroatoms. The zero-order valence-corrected chi connectivity index (χ0v) is 10.7. The summed E-state index contributed by atoms with van der Waals surface area (Å²) in [7, 11) is 0. The van der Waals surface area contributed by atoms with E-state index in [1.165, 1.54) is 30.0 Å². The number of hydrogen-bond acceptors (Lipinski definition) is 2. The van der Waals surface area contributed by atoms with Crippen molar-refractivity contribution in [1.82, 2.24) is 9.97 Å². The lowest BCUT2D eigenvalue weighted by atomic mass is 10.2. The van der Waals surface area contributed by atoms with Crippen LogP contribution in [0.3, 0.4) is 0 Å². The Kier molecular flexibility index (Phi) is 3.21. The summed E-state index contributed by atoms with van der Waals surface area (Å²) in [5, 5.41) is 0.656. The van der Waals surface area contributed by atoms with Crippen molar-refractivity contribution in [1.29, 1.82) is 0 Å². The number of H-pyrrole nitrogens is 1. The van der Waals surface area contributed by atoms with Crippen LogP contribution in [0.4, 0.5) is 8.78 Å². The van der Waals surface area contributed by atoms with Gasteiger partial charge in [-0.05, 0) is 29.8 Å². The van der Waals surface area contributed by atoms with Crippen LogP contribution < -0.4 is 0 Å². The van der Waals surface area contributed by atoms with E-state index in [4.69, 9.17) is 0 Å². The molecule has 1 N–H and O–H groups in total. The largest absolute Gasteiger partial charge is 0.333 e. The number of aromatic amines is 1. The molecule has 0 radical (unpaired) electrons. The highest BCUT2D eigenvalue weighted by molar-refractivity contribution is 7.98. The van der Waals surface area contributed by atoms with Crippen LogP contribution in [0.5, 0.6) is 0 Å². The number of aromatic nitrogens is 2. The third-order valence-electron chi connectivity index (χ3n) is 2.74. The van der Waals surface area contributed by atoms with Crippen LogP contribution in [-0.4, -0.2) is 9.97 Å². The molecular formula is C14H10F2N2S. The number of nitrogens with zero attached hydrogens (tertiary/aromatic N) is 1. The maximum absolute atomic E-state index is 13.5. The van der Waals surface area contributed by atoms with Gasteiger partial charge in [0.05, 0.1) is 11.0 Å². The zero-order chi connectivity index (χ0) is 13.2. The van der Waals surface area contributed by atoms with Gasteiger partial charge >= 0.3 is 0 Å². The van der Waals surface area contributed by atoms with E-state index in [1.807, 2.05) is 0 Å². The van der Waals surface area contributed by atoms with E-state index in [0.717, 1.165) is 0 Å². The summed E-state index contributed by atoms with van der Waals surface area (Å²) >= 11 is 1.39. The summed E-state index contributed by atoms with van der Waals surface area (Å²) in [6.45, 7) is 0. The Balaban J connectivity index is 1.80. The van der Waals surface area contributed by atoms with Crippen LogP contribution in [0.1, 0.15) is 5.56 Å². The predicted molar refractivity (Wildman–Crippen MR) is 72.0 cm³/mol. The molecule has 0 saturated carbocycles. The monoisotopic (exact) mass is 276 g/mol. The standard InChI is InChI=1S/C14H10F2N2S/c15-10-5-6-12-13(7-10)18-14(17-12)19-8-9-3-1-2-4-11(9)16/h1-7H,8H2,(H,17,18). The second-order valence-corrected chi connectivity index (χ2v) is 5.05. The fourth-order valence-corrected chi connectivity index (χ4v) is 2.66. The van der Waals surface area contributed by atoms with Crippen molar-refractivity contribution in [2.75, 3.05) is 0 Å². The highest BCUT2D eigenvalue weighted by Gasteiger charge is 2.06. The summed E-state index contributed by atoms with van der Waals surface area (Å²) in [5.74, 6) is -0.0476. The van der Waals surface area contributed by atoms with E-state index in [0.29, 0.717) is 27.5 Å².